The smallest absolute Gasteiger partial charge is 0.0529 e. The number of aromatic nitrogens is 6. The summed E-state index contributed by atoms with van der Waals surface area (Å²) >= 11 is 0. The molecule has 0 saturated heterocycles. The van der Waals surface area contributed by atoms with Crippen molar-refractivity contribution in [2.75, 3.05) is 0 Å². The molecule has 2 aromatic rings. The van der Waals surface area contributed by atoms with E-state index in [4.69, 9.17) is 0 Å². The van der Waals surface area contributed by atoms with Crippen LogP contribution in [0.4, 0.5) is 0 Å². The highest BCUT2D eigenvalue weighted by Gasteiger charge is 1.61. The zero-order valence-corrected chi connectivity index (χ0v) is 6.15. The first kappa shape index (κ1) is 8.12. The van der Waals surface area contributed by atoms with Crippen LogP contribution in [-0.4, -0.2) is 30.8 Å². The SMILES string of the molecule is c1cnnnc1.c1cnnnc1. The van der Waals surface area contributed by atoms with Crippen LogP contribution in [0, 0.1) is 0 Å². The molecule has 0 N–H and O–H groups in total. The lowest BCUT2D eigenvalue weighted by Crippen LogP contribution is -1.78. The lowest BCUT2D eigenvalue weighted by molar-refractivity contribution is 0.865. The summed E-state index contributed by atoms with van der Waals surface area (Å²) in [5.41, 5.74) is 0. The molecule has 2 aromatic heterocycles. The van der Waals surface area contributed by atoms with Crippen molar-refractivity contribution < 1.29 is 0 Å². The Labute approximate surface area is 68.7 Å². The summed E-state index contributed by atoms with van der Waals surface area (Å²) in [6.07, 6.45) is 6.31. The van der Waals surface area contributed by atoms with E-state index in [9.17, 15) is 0 Å². The van der Waals surface area contributed by atoms with Crippen molar-refractivity contribution in [1.82, 2.24) is 30.8 Å². The molecule has 0 amide bonds. The molecule has 6 nitrogen and oxygen atoms in total. The summed E-state index contributed by atoms with van der Waals surface area (Å²) in [4.78, 5) is 0. The maximum absolute atomic E-state index is 3.42. The predicted octanol–water partition coefficient (Wildman–Crippen LogP) is -0.257. The normalized spacial score (nSPS) is 8.00. The quantitative estimate of drug-likeness (QED) is 0.531. The van der Waals surface area contributed by atoms with Gasteiger partial charge in [-0.05, 0) is 22.6 Å². The molecule has 0 aliphatic heterocycles. The Morgan fingerprint density at radius 2 is 0.833 bits per heavy atom. The van der Waals surface area contributed by atoms with Crippen LogP contribution in [0.2, 0.25) is 0 Å². The van der Waals surface area contributed by atoms with Crippen LogP contribution in [0.5, 0.6) is 0 Å². The van der Waals surface area contributed by atoms with E-state index in [0.717, 1.165) is 0 Å². The molecule has 0 bridgehead atoms. The summed E-state index contributed by atoms with van der Waals surface area (Å²) in [5.74, 6) is 0. The molecule has 2 rings (SSSR count). The largest absolute Gasteiger partial charge is 0.139 e. The van der Waals surface area contributed by atoms with Crippen molar-refractivity contribution in [2.24, 2.45) is 0 Å². The van der Waals surface area contributed by atoms with E-state index in [1.807, 2.05) is 0 Å². The minimum atomic E-state index is 1.58. The number of hydrogen-bond donors (Lipinski definition) is 0. The maximum Gasteiger partial charge on any atom is 0.0529 e. The lowest BCUT2D eigenvalue weighted by atomic mass is 10.7. The third-order valence-electron chi connectivity index (χ3n) is 0.817. The molecule has 0 aliphatic rings. The molecule has 0 unspecified atom stereocenters. The third kappa shape index (κ3) is 3.94. The van der Waals surface area contributed by atoms with E-state index in [2.05, 4.69) is 30.8 Å². The fourth-order valence-corrected chi connectivity index (χ4v) is 0.410. The van der Waals surface area contributed by atoms with Gasteiger partial charge in [0.2, 0.25) is 0 Å². The van der Waals surface area contributed by atoms with Gasteiger partial charge in [0.1, 0.15) is 0 Å². The molecule has 0 atom stereocenters. The highest BCUT2D eigenvalue weighted by atomic mass is 15.3. The van der Waals surface area contributed by atoms with Crippen LogP contribution in [0.15, 0.2) is 36.9 Å². The first-order valence-electron chi connectivity index (χ1n) is 3.17. The highest BCUT2D eigenvalue weighted by Crippen LogP contribution is 1.62. The standard InChI is InChI=1S/2C3H3N3/c2*1-2-4-6-5-3-1/h2*1-3H. The molecule has 12 heavy (non-hydrogen) atoms. The molecular weight excluding hydrogens is 156 g/mol. The monoisotopic (exact) mass is 162 g/mol. The Morgan fingerprint density at radius 3 is 0.917 bits per heavy atom. The zero-order chi connectivity index (χ0) is 8.49. The Kier molecular flexibility index (Phi) is 3.91. The zero-order valence-electron chi connectivity index (χ0n) is 6.15. The molecule has 0 fully saturated rings. The van der Waals surface area contributed by atoms with E-state index < -0.39 is 0 Å². The second kappa shape index (κ2) is 5.78. The van der Waals surface area contributed by atoms with Crippen molar-refractivity contribution in [3.63, 3.8) is 0 Å². The summed E-state index contributed by atoms with van der Waals surface area (Å²) < 4.78 is 0. The van der Waals surface area contributed by atoms with Gasteiger partial charge < -0.3 is 0 Å². The van der Waals surface area contributed by atoms with E-state index in [0.29, 0.717) is 0 Å². The molecule has 2 heterocycles. The molecule has 0 spiro atoms. The number of rotatable bonds is 0. The van der Waals surface area contributed by atoms with Crippen LogP contribution in [-0.2, 0) is 0 Å². The van der Waals surface area contributed by atoms with Crippen molar-refractivity contribution in [3.05, 3.63) is 36.9 Å². The second-order valence-electron chi connectivity index (χ2n) is 1.62. The van der Waals surface area contributed by atoms with Crippen LogP contribution in [0.25, 0.3) is 0 Å². The Hall–Kier alpha value is -1.98. The van der Waals surface area contributed by atoms with Gasteiger partial charge in [0, 0.05) is 0 Å². The van der Waals surface area contributed by atoms with E-state index in [-0.39, 0.29) is 0 Å². The Bertz CT molecular complexity index is 187. The van der Waals surface area contributed by atoms with Gasteiger partial charge in [0.05, 0.1) is 24.8 Å². The summed E-state index contributed by atoms with van der Waals surface area (Å²) in [6.45, 7) is 0. The van der Waals surface area contributed by atoms with Crippen LogP contribution < -0.4 is 0 Å². The van der Waals surface area contributed by atoms with E-state index in [1.54, 1.807) is 36.9 Å². The fraction of sp³-hybridized carbons (Fsp3) is 0. The van der Waals surface area contributed by atoms with E-state index >= 15 is 0 Å². The fourth-order valence-electron chi connectivity index (χ4n) is 0.410. The first-order chi connectivity index (χ1) is 6.00. The highest BCUT2D eigenvalue weighted by molar-refractivity contribution is 4.70. The average molecular weight is 162 g/mol. The summed E-state index contributed by atoms with van der Waals surface area (Å²) in [7, 11) is 0. The minimum Gasteiger partial charge on any atom is -0.139 e. The van der Waals surface area contributed by atoms with Gasteiger partial charge in [-0.1, -0.05) is 0 Å². The van der Waals surface area contributed by atoms with Crippen molar-refractivity contribution in [2.45, 2.75) is 0 Å². The molecule has 0 radical (unpaired) electrons. The van der Waals surface area contributed by atoms with Gasteiger partial charge in [-0.2, -0.15) is 0 Å². The van der Waals surface area contributed by atoms with Crippen molar-refractivity contribution in [3.8, 4) is 0 Å². The van der Waals surface area contributed by atoms with Gasteiger partial charge in [-0.25, -0.2) is 0 Å². The second-order valence-corrected chi connectivity index (χ2v) is 1.62. The maximum atomic E-state index is 3.42. The molecular formula is C6H6N6. The number of hydrogen-bond acceptors (Lipinski definition) is 6. The summed E-state index contributed by atoms with van der Waals surface area (Å²) in [5, 5.41) is 20.3. The third-order valence-corrected chi connectivity index (χ3v) is 0.817. The molecule has 0 aliphatic carbocycles. The van der Waals surface area contributed by atoms with Crippen molar-refractivity contribution in [1.29, 1.82) is 0 Å². The number of nitrogens with zero attached hydrogens (tertiary/aromatic N) is 6. The summed E-state index contributed by atoms with van der Waals surface area (Å²) in [6, 6.07) is 3.43. The Morgan fingerprint density at radius 1 is 0.500 bits per heavy atom. The van der Waals surface area contributed by atoms with Crippen LogP contribution in [0.3, 0.4) is 0 Å². The van der Waals surface area contributed by atoms with Gasteiger partial charge >= 0.3 is 0 Å². The van der Waals surface area contributed by atoms with Gasteiger partial charge in [-0.15, -0.1) is 20.4 Å². The van der Waals surface area contributed by atoms with Crippen LogP contribution >= 0.6 is 0 Å². The average Bonchev–Trinajstić information content (AvgIpc) is 2.24. The van der Waals surface area contributed by atoms with Gasteiger partial charge in [0.25, 0.3) is 0 Å². The molecule has 0 saturated carbocycles. The first-order valence-corrected chi connectivity index (χ1v) is 3.17. The van der Waals surface area contributed by atoms with Gasteiger partial charge in [-0.3, -0.25) is 0 Å². The van der Waals surface area contributed by atoms with Crippen LogP contribution in [0.1, 0.15) is 0 Å². The predicted molar refractivity (Wildman–Crippen MR) is 39.7 cm³/mol. The molecule has 6 heteroatoms. The lowest BCUT2D eigenvalue weighted by Gasteiger charge is -1.68. The molecule has 60 valence electrons. The topological polar surface area (TPSA) is 77.3 Å². The van der Waals surface area contributed by atoms with Crippen molar-refractivity contribution >= 4 is 0 Å². The Balaban J connectivity index is 0.000000120. The molecule has 0 aromatic carbocycles. The van der Waals surface area contributed by atoms with E-state index in [1.165, 1.54) is 0 Å². The van der Waals surface area contributed by atoms with Gasteiger partial charge in [0.15, 0.2) is 0 Å². The minimum absolute atomic E-state index is 1.58.